The highest BCUT2D eigenvalue weighted by molar-refractivity contribution is 9.10. The normalized spacial score (nSPS) is 18.5. The first-order valence-corrected chi connectivity index (χ1v) is 11.0. The van der Waals surface area contributed by atoms with Crippen molar-refractivity contribution in [3.63, 3.8) is 0 Å². The molecule has 0 saturated carbocycles. The lowest BCUT2D eigenvalue weighted by Gasteiger charge is -2.20. The number of rotatable bonds is 8. The zero-order valence-corrected chi connectivity index (χ0v) is 18.9. The van der Waals surface area contributed by atoms with Crippen LogP contribution in [0.25, 0.3) is 0 Å². The summed E-state index contributed by atoms with van der Waals surface area (Å²) in [5.41, 5.74) is 3.24. The van der Waals surface area contributed by atoms with E-state index in [0.29, 0.717) is 30.5 Å². The van der Waals surface area contributed by atoms with E-state index in [1.807, 2.05) is 37.3 Å². The zero-order chi connectivity index (χ0) is 21.0. The molecule has 0 bridgehead atoms. The number of hydrogen-bond acceptors (Lipinski definition) is 6. The highest BCUT2D eigenvalue weighted by Gasteiger charge is 2.33. The predicted molar refractivity (Wildman–Crippen MR) is 117 cm³/mol. The molecule has 2 aromatic carbocycles. The molecule has 8 heteroatoms. The van der Waals surface area contributed by atoms with E-state index < -0.39 is 12.0 Å². The van der Waals surface area contributed by atoms with Crippen molar-refractivity contribution in [2.75, 3.05) is 26.1 Å². The van der Waals surface area contributed by atoms with Crippen molar-refractivity contribution in [3.8, 4) is 17.2 Å². The Labute approximate surface area is 183 Å². The molecule has 6 nitrogen and oxygen atoms in total. The molecule has 2 aromatic rings. The molecule has 1 saturated heterocycles. The Balaban J connectivity index is 1.70. The molecule has 0 aromatic heterocycles. The smallest absolute Gasteiger partial charge is 0.321 e. The van der Waals surface area contributed by atoms with Crippen molar-refractivity contribution in [2.45, 2.75) is 25.3 Å². The van der Waals surface area contributed by atoms with E-state index >= 15 is 0 Å². The summed E-state index contributed by atoms with van der Waals surface area (Å²) in [7, 11) is 1.58. The number of hydrogen-bond donors (Lipinski definition) is 2. The fourth-order valence-corrected chi connectivity index (χ4v) is 4.68. The van der Waals surface area contributed by atoms with Crippen molar-refractivity contribution in [1.82, 2.24) is 5.32 Å². The Kier molecular flexibility index (Phi) is 7.32. The van der Waals surface area contributed by atoms with Crippen molar-refractivity contribution in [3.05, 3.63) is 51.5 Å². The van der Waals surface area contributed by atoms with Crippen LogP contribution in [0, 0.1) is 13.8 Å². The van der Waals surface area contributed by atoms with E-state index in [1.165, 1.54) is 22.9 Å². The standard InChI is InChI=1S/C21H24BrNO5S/c1-12-4-5-15(8-13(12)2)27-6-7-28-19-16(9-14(22)10-18(19)26-3)20-23-17(11-29-20)21(24)25/h4-5,8-10,17,20,23H,6-7,11H2,1-3H3,(H,24,25). The highest BCUT2D eigenvalue weighted by atomic mass is 79.9. The number of halogens is 1. The van der Waals surface area contributed by atoms with Crippen LogP contribution in [0.4, 0.5) is 0 Å². The van der Waals surface area contributed by atoms with Crippen LogP contribution < -0.4 is 19.5 Å². The van der Waals surface area contributed by atoms with Crippen LogP contribution in [0.1, 0.15) is 22.1 Å². The fraction of sp³-hybridized carbons (Fsp3) is 0.381. The number of thioether (sulfide) groups is 1. The molecular formula is C21H24BrNO5S. The van der Waals surface area contributed by atoms with E-state index in [1.54, 1.807) is 7.11 Å². The topological polar surface area (TPSA) is 77.0 Å². The van der Waals surface area contributed by atoms with Gasteiger partial charge in [-0.1, -0.05) is 22.0 Å². The molecular weight excluding hydrogens is 458 g/mol. The SMILES string of the molecule is COc1cc(Br)cc(C2NC(C(=O)O)CS2)c1OCCOc1ccc(C)c(C)c1. The zero-order valence-electron chi connectivity index (χ0n) is 16.5. The maximum atomic E-state index is 11.3. The number of ether oxygens (including phenoxy) is 3. The molecule has 3 rings (SSSR count). The van der Waals surface area contributed by atoms with Gasteiger partial charge in [-0.3, -0.25) is 10.1 Å². The molecule has 2 unspecified atom stereocenters. The molecule has 1 aliphatic rings. The van der Waals surface area contributed by atoms with Crippen LogP contribution in [0.2, 0.25) is 0 Å². The number of nitrogens with one attached hydrogen (secondary N) is 1. The number of benzene rings is 2. The first-order valence-electron chi connectivity index (χ1n) is 9.19. The van der Waals surface area contributed by atoms with Gasteiger partial charge < -0.3 is 19.3 Å². The molecule has 1 aliphatic heterocycles. The van der Waals surface area contributed by atoms with Gasteiger partial charge in [0.25, 0.3) is 0 Å². The van der Waals surface area contributed by atoms with Gasteiger partial charge in [0.15, 0.2) is 11.5 Å². The van der Waals surface area contributed by atoms with Crippen molar-refractivity contribution < 1.29 is 24.1 Å². The van der Waals surface area contributed by atoms with E-state index in [0.717, 1.165) is 15.8 Å². The summed E-state index contributed by atoms with van der Waals surface area (Å²) in [6, 6.07) is 9.15. The molecule has 1 heterocycles. The minimum Gasteiger partial charge on any atom is -0.493 e. The van der Waals surface area contributed by atoms with Gasteiger partial charge in [-0.15, -0.1) is 11.8 Å². The quantitative estimate of drug-likeness (QED) is 0.543. The monoisotopic (exact) mass is 481 g/mol. The van der Waals surface area contributed by atoms with Gasteiger partial charge >= 0.3 is 5.97 Å². The Morgan fingerprint density at radius 2 is 1.97 bits per heavy atom. The van der Waals surface area contributed by atoms with E-state index in [4.69, 9.17) is 14.2 Å². The third kappa shape index (κ3) is 5.38. The van der Waals surface area contributed by atoms with E-state index in [2.05, 4.69) is 28.2 Å². The van der Waals surface area contributed by atoms with Gasteiger partial charge in [0.2, 0.25) is 0 Å². The average molecular weight is 482 g/mol. The fourth-order valence-electron chi connectivity index (χ4n) is 2.99. The Hall–Kier alpha value is -1.90. The number of carboxylic acid groups (broad SMARTS) is 1. The molecule has 156 valence electrons. The second kappa shape index (κ2) is 9.73. The summed E-state index contributed by atoms with van der Waals surface area (Å²) in [6.07, 6.45) is 0. The van der Waals surface area contributed by atoms with Crippen molar-refractivity contribution >= 4 is 33.7 Å². The summed E-state index contributed by atoms with van der Waals surface area (Å²) in [4.78, 5) is 11.3. The second-order valence-electron chi connectivity index (χ2n) is 6.74. The summed E-state index contributed by atoms with van der Waals surface area (Å²) < 4.78 is 18.2. The maximum absolute atomic E-state index is 11.3. The first-order chi connectivity index (χ1) is 13.9. The maximum Gasteiger partial charge on any atom is 0.321 e. The van der Waals surface area contributed by atoms with Crippen LogP contribution in [-0.2, 0) is 4.79 Å². The Morgan fingerprint density at radius 1 is 1.21 bits per heavy atom. The third-order valence-corrected chi connectivity index (χ3v) is 6.41. The van der Waals surface area contributed by atoms with Crippen molar-refractivity contribution in [1.29, 1.82) is 0 Å². The summed E-state index contributed by atoms with van der Waals surface area (Å²) in [5, 5.41) is 12.2. The lowest BCUT2D eigenvalue weighted by atomic mass is 10.1. The highest BCUT2D eigenvalue weighted by Crippen LogP contribution is 2.44. The average Bonchev–Trinajstić information content (AvgIpc) is 3.18. The summed E-state index contributed by atoms with van der Waals surface area (Å²) in [6.45, 7) is 4.82. The number of methoxy groups -OCH3 is 1. The van der Waals surface area contributed by atoms with Crippen molar-refractivity contribution in [2.24, 2.45) is 0 Å². The lowest BCUT2D eigenvalue weighted by Crippen LogP contribution is -2.33. The Bertz CT molecular complexity index is 892. The molecule has 0 spiro atoms. The van der Waals surface area contributed by atoms with Crippen LogP contribution in [-0.4, -0.2) is 43.2 Å². The van der Waals surface area contributed by atoms with Crippen LogP contribution in [0.15, 0.2) is 34.8 Å². The summed E-state index contributed by atoms with van der Waals surface area (Å²) >= 11 is 5.02. The minimum atomic E-state index is -0.855. The minimum absolute atomic E-state index is 0.196. The molecule has 0 aliphatic carbocycles. The number of aliphatic carboxylic acids is 1. The molecule has 2 atom stereocenters. The van der Waals surface area contributed by atoms with Crippen LogP contribution in [0.5, 0.6) is 17.2 Å². The first kappa shape index (κ1) is 21.8. The number of aryl methyl sites for hydroxylation is 2. The van der Waals surface area contributed by atoms with Crippen LogP contribution in [0.3, 0.4) is 0 Å². The number of carbonyl (C=O) groups is 1. The molecule has 29 heavy (non-hydrogen) atoms. The van der Waals surface area contributed by atoms with Gasteiger partial charge in [0, 0.05) is 15.8 Å². The summed E-state index contributed by atoms with van der Waals surface area (Å²) in [5.74, 6) is 1.62. The lowest BCUT2D eigenvalue weighted by molar-refractivity contribution is -0.138. The van der Waals surface area contributed by atoms with E-state index in [-0.39, 0.29) is 5.37 Å². The van der Waals surface area contributed by atoms with Gasteiger partial charge in [0.1, 0.15) is 25.0 Å². The Morgan fingerprint density at radius 3 is 2.62 bits per heavy atom. The second-order valence-corrected chi connectivity index (χ2v) is 8.79. The van der Waals surface area contributed by atoms with Crippen LogP contribution >= 0.6 is 27.7 Å². The van der Waals surface area contributed by atoms with Gasteiger partial charge in [-0.05, 0) is 49.2 Å². The molecule has 1 fully saturated rings. The van der Waals surface area contributed by atoms with Gasteiger partial charge in [-0.25, -0.2) is 0 Å². The molecule has 0 amide bonds. The molecule has 2 N–H and O–H groups in total. The largest absolute Gasteiger partial charge is 0.493 e. The van der Waals surface area contributed by atoms with Gasteiger partial charge in [-0.2, -0.15) is 0 Å². The van der Waals surface area contributed by atoms with E-state index in [9.17, 15) is 9.90 Å². The molecule has 0 radical (unpaired) electrons. The predicted octanol–water partition coefficient (Wildman–Crippen LogP) is 4.32. The van der Waals surface area contributed by atoms with Gasteiger partial charge in [0.05, 0.1) is 12.5 Å². The number of carboxylic acids is 1. The third-order valence-electron chi connectivity index (χ3n) is 4.71.